The van der Waals surface area contributed by atoms with E-state index in [1.54, 1.807) is 11.8 Å². The normalized spacial score (nSPS) is 24.4. The summed E-state index contributed by atoms with van der Waals surface area (Å²) < 4.78 is 7.07. The molecule has 0 amide bonds. The number of halogens is 2. The average Bonchev–Trinajstić information content (AvgIpc) is 2.71. The fourth-order valence-corrected chi connectivity index (χ4v) is 1.73. The summed E-state index contributed by atoms with van der Waals surface area (Å²) >= 11 is 0. The van der Waals surface area contributed by atoms with Gasteiger partial charge in [0.1, 0.15) is 0 Å². The summed E-state index contributed by atoms with van der Waals surface area (Å²) in [5.41, 5.74) is 1.01. The monoisotopic (exact) mass is 254 g/mol. The molecule has 1 N–H and O–H groups in total. The Hall–Kier alpha value is -0.360. The number of aromatic nitrogens is 3. The van der Waals surface area contributed by atoms with Crippen LogP contribution in [0.3, 0.4) is 0 Å². The average molecular weight is 255 g/mol. The molecule has 2 unspecified atom stereocenters. The van der Waals surface area contributed by atoms with Gasteiger partial charge in [-0.1, -0.05) is 5.21 Å². The second kappa shape index (κ2) is 6.27. The molecule has 0 spiro atoms. The van der Waals surface area contributed by atoms with Crippen molar-refractivity contribution in [1.29, 1.82) is 0 Å². The number of ether oxygens (including phenoxy) is 1. The molecule has 2 heterocycles. The van der Waals surface area contributed by atoms with Crippen LogP contribution >= 0.6 is 24.8 Å². The van der Waals surface area contributed by atoms with Crippen molar-refractivity contribution in [3.63, 3.8) is 0 Å². The minimum Gasteiger partial charge on any atom is -0.379 e. The Bertz CT molecular complexity index is 294. The van der Waals surface area contributed by atoms with E-state index in [4.69, 9.17) is 4.74 Å². The van der Waals surface area contributed by atoms with Crippen molar-refractivity contribution in [3.05, 3.63) is 11.9 Å². The third kappa shape index (κ3) is 3.04. The Balaban J connectivity index is 0.000000980. The van der Waals surface area contributed by atoms with Gasteiger partial charge in [-0.05, 0) is 0 Å². The maximum atomic E-state index is 5.35. The van der Waals surface area contributed by atoms with Gasteiger partial charge in [-0.25, -0.2) is 0 Å². The van der Waals surface area contributed by atoms with E-state index in [2.05, 4.69) is 15.6 Å². The van der Waals surface area contributed by atoms with Crippen LogP contribution in [0.1, 0.15) is 11.6 Å². The maximum absolute atomic E-state index is 5.35. The van der Waals surface area contributed by atoms with E-state index < -0.39 is 0 Å². The summed E-state index contributed by atoms with van der Waals surface area (Å²) in [5, 5.41) is 11.3. The number of hydrogen-bond acceptors (Lipinski definition) is 4. The highest BCUT2D eigenvalue weighted by Crippen LogP contribution is 2.22. The second-order valence-electron chi connectivity index (χ2n) is 3.36. The summed E-state index contributed by atoms with van der Waals surface area (Å²) in [5.74, 6) is 0.346. The van der Waals surface area contributed by atoms with Gasteiger partial charge in [0.25, 0.3) is 0 Å². The zero-order valence-electron chi connectivity index (χ0n) is 8.71. The van der Waals surface area contributed by atoms with Crippen molar-refractivity contribution in [2.24, 2.45) is 7.05 Å². The van der Waals surface area contributed by atoms with Gasteiger partial charge in [0.15, 0.2) is 0 Å². The van der Waals surface area contributed by atoms with Gasteiger partial charge in [0.2, 0.25) is 0 Å². The van der Waals surface area contributed by atoms with Crippen LogP contribution in [0.5, 0.6) is 0 Å². The van der Waals surface area contributed by atoms with Crippen LogP contribution < -0.4 is 5.32 Å². The van der Waals surface area contributed by atoms with E-state index >= 15 is 0 Å². The number of rotatable bonds is 2. The number of nitrogens with zero attached hydrogens (tertiary/aromatic N) is 3. The van der Waals surface area contributed by atoms with E-state index in [-0.39, 0.29) is 30.9 Å². The van der Waals surface area contributed by atoms with Crippen LogP contribution in [0.25, 0.3) is 0 Å². The van der Waals surface area contributed by atoms with Gasteiger partial charge in [-0.3, -0.25) is 4.68 Å². The van der Waals surface area contributed by atoms with E-state index in [9.17, 15) is 0 Å². The third-order valence-electron chi connectivity index (χ3n) is 2.46. The minimum atomic E-state index is 0. The van der Waals surface area contributed by atoms with Crippen LogP contribution in [0.15, 0.2) is 6.20 Å². The molecule has 1 aliphatic rings. The standard InChI is InChI=1S/C8H14N4O.2ClH/c1-12-5-7(10-11-12)6-3-9-4-8(6)13-2;;/h5-6,8-9H,3-4H2,1-2H3;2*1H. The zero-order chi connectivity index (χ0) is 9.26. The lowest BCUT2D eigenvalue weighted by Crippen LogP contribution is -2.19. The molecule has 0 aliphatic carbocycles. The molecule has 2 atom stereocenters. The molecular weight excluding hydrogens is 239 g/mol. The number of methoxy groups -OCH3 is 1. The topological polar surface area (TPSA) is 52.0 Å². The third-order valence-corrected chi connectivity index (χ3v) is 2.46. The van der Waals surface area contributed by atoms with E-state index in [0.29, 0.717) is 5.92 Å². The lowest BCUT2D eigenvalue weighted by Gasteiger charge is -2.13. The van der Waals surface area contributed by atoms with Gasteiger partial charge >= 0.3 is 0 Å². The fourth-order valence-electron chi connectivity index (χ4n) is 1.73. The van der Waals surface area contributed by atoms with E-state index in [1.807, 2.05) is 13.2 Å². The quantitative estimate of drug-likeness (QED) is 0.829. The molecule has 7 heteroatoms. The van der Waals surface area contributed by atoms with Gasteiger partial charge in [-0.2, -0.15) is 0 Å². The van der Waals surface area contributed by atoms with Crippen LogP contribution in [0.2, 0.25) is 0 Å². The molecule has 15 heavy (non-hydrogen) atoms. The van der Waals surface area contributed by atoms with Crippen molar-refractivity contribution in [1.82, 2.24) is 20.3 Å². The summed E-state index contributed by atoms with van der Waals surface area (Å²) in [6.45, 7) is 1.83. The molecule has 1 saturated heterocycles. The van der Waals surface area contributed by atoms with E-state index in [0.717, 1.165) is 18.8 Å². The molecule has 0 bridgehead atoms. The zero-order valence-corrected chi connectivity index (χ0v) is 10.3. The summed E-state index contributed by atoms with van der Waals surface area (Å²) in [6, 6.07) is 0. The predicted octanol–water partition coefficient (Wildman–Crippen LogP) is 0.360. The van der Waals surface area contributed by atoms with Crippen molar-refractivity contribution >= 4 is 24.8 Å². The highest BCUT2D eigenvalue weighted by Gasteiger charge is 2.30. The Morgan fingerprint density at radius 3 is 2.73 bits per heavy atom. The number of aryl methyl sites for hydroxylation is 1. The van der Waals surface area contributed by atoms with Gasteiger partial charge in [-0.15, -0.1) is 29.9 Å². The predicted molar refractivity (Wildman–Crippen MR) is 61.9 cm³/mol. The molecule has 1 fully saturated rings. The Labute approximate surface area is 101 Å². The highest BCUT2D eigenvalue weighted by atomic mass is 35.5. The van der Waals surface area contributed by atoms with Crippen LogP contribution in [-0.2, 0) is 11.8 Å². The first-order chi connectivity index (χ1) is 6.31. The molecule has 5 nitrogen and oxygen atoms in total. The lowest BCUT2D eigenvalue weighted by molar-refractivity contribution is 0.104. The Morgan fingerprint density at radius 1 is 1.47 bits per heavy atom. The smallest absolute Gasteiger partial charge is 0.0897 e. The Morgan fingerprint density at radius 2 is 2.20 bits per heavy atom. The van der Waals surface area contributed by atoms with Crippen LogP contribution in [-0.4, -0.2) is 41.3 Å². The lowest BCUT2D eigenvalue weighted by atomic mass is 10.0. The molecule has 2 rings (SSSR count). The van der Waals surface area contributed by atoms with Crippen molar-refractivity contribution < 1.29 is 4.74 Å². The first-order valence-electron chi connectivity index (χ1n) is 4.41. The molecule has 88 valence electrons. The molecule has 1 aromatic rings. The fraction of sp³-hybridized carbons (Fsp3) is 0.750. The molecular formula is C8H16Cl2N4O. The molecule has 0 saturated carbocycles. The molecule has 0 aromatic carbocycles. The first kappa shape index (κ1) is 14.6. The van der Waals surface area contributed by atoms with Crippen LogP contribution in [0, 0.1) is 0 Å². The van der Waals surface area contributed by atoms with Gasteiger partial charge < -0.3 is 10.1 Å². The van der Waals surface area contributed by atoms with Gasteiger partial charge in [0, 0.05) is 39.4 Å². The van der Waals surface area contributed by atoms with Crippen molar-refractivity contribution in [2.45, 2.75) is 12.0 Å². The molecule has 1 aliphatic heterocycles. The summed E-state index contributed by atoms with van der Waals surface area (Å²) in [7, 11) is 3.61. The summed E-state index contributed by atoms with van der Waals surface area (Å²) in [4.78, 5) is 0. The largest absolute Gasteiger partial charge is 0.379 e. The molecule has 1 aromatic heterocycles. The van der Waals surface area contributed by atoms with Crippen molar-refractivity contribution in [2.75, 3.05) is 20.2 Å². The number of nitrogens with one attached hydrogen (secondary N) is 1. The van der Waals surface area contributed by atoms with E-state index in [1.165, 1.54) is 0 Å². The Kier molecular flexibility index (Phi) is 6.12. The first-order valence-corrected chi connectivity index (χ1v) is 4.41. The highest BCUT2D eigenvalue weighted by molar-refractivity contribution is 5.85. The van der Waals surface area contributed by atoms with Crippen molar-refractivity contribution in [3.8, 4) is 0 Å². The summed E-state index contributed by atoms with van der Waals surface area (Å²) in [6.07, 6.45) is 2.18. The van der Waals surface area contributed by atoms with Crippen LogP contribution in [0.4, 0.5) is 0 Å². The SMILES string of the molecule is COC1CNCC1c1cn(C)nn1.Cl.Cl. The second-order valence-corrected chi connectivity index (χ2v) is 3.36. The maximum Gasteiger partial charge on any atom is 0.0897 e. The molecule has 0 radical (unpaired) electrons. The van der Waals surface area contributed by atoms with Gasteiger partial charge in [0.05, 0.1) is 11.8 Å². The minimum absolute atomic E-state index is 0. The number of hydrogen-bond donors (Lipinski definition) is 1.